The van der Waals surface area contributed by atoms with Crippen LogP contribution in [0.15, 0.2) is 109 Å². The molecule has 234 valence electrons. The molecule has 0 saturated heterocycles. The van der Waals surface area contributed by atoms with Gasteiger partial charge >= 0.3 is 0 Å². The molecule has 0 aliphatic carbocycles. The Kier molecular flexibility index (Phi) is 8.24. The van der Waals surface area contributed by atoms with Crippen molar-refractivity contribution in [2.45, 2.75) is 20.0 Å². The number of carbonyl (C=O) groups is 1. The lowest BCUT2D eigenvalue weighted by Gasteiger charge is -2.10. The Morgan fingerprint density at radius 3 is 2.45 bits per heavy atom. The molecule has 3 heterocycles. The molecule has 0 spiro atoms. The van der Waals surface area contributed by atoms with Gasteiger partial charge in [0.2, 0.25) is 0 Å². The van der Waals surface area contributed by atoms with Crippen LogP contribution in [-0.4, -0.2) is 44.7 Å². The summed E-state index contributed by atoms with van der Waals surface area (Å²) < 4.78 is 14.9. The highest BCUT2D eigenvalue weighted by Gasteiger charge is 2.19. The minimum absolute atomic E-state index is 0.186. The maximum atomic E-state index is 13.4. The largest absolute Gasteiger partial charge is 0.493 e. The Balaban J connectivity index is 1.10. The molecule has 1 amide bonds. The molecule has 0 bridgehead atoms. The first-order valence-electron chi connectivity index (χ1n) is 15.1. The number of hydrogen-bond donors (Lipinski definition) is 1. The van der Waals surface area contributed by atoms with E-state index in [4.69, 9.17) is 9.47 Å². The molecule has 4 aromatic carbocycles. The van der Waals surface area contributed by atoms with Gasteiger partial charge in [-0.3, -0.25) is 4.79 Å². The normalized spacial score (nSPS) is 11.1. The van der Waals surface area contributed by atoms with E-state index in [-0.39, 0.29) is 5.91 Å². The molecule has 10 heteroatoms. The van der Waals surface area contributed by atoms with E-state index in [0.29, 0.717) is 35.2 Å². The van der Waals surface area contributed by atoms with Crippen LogP contribution in [-0.2, 0) is 13.1 Å². The third-order valence-corrected chi connectivity index (χ3v) is 9.26. The fourth-order valence-electron chi connectivity index (χ4n) is 5.72. The smallest absolute Gasteiger partial charge is 0.263 e. The van der Waals surface area contributed by atoms with Crippen molar-refractivity contribution in [3.63, 3.8) is 0 Å². The molecule has 0 aliphatic heterocycles. The van der Waals surface area contributed by atoms with Gasteiger partial charge in [-0.1, -0.05) is 71.9 Å². The van der Waals surface area contributed by atoms with Gasteiger partial charge in [-0.25, -0.2) is 9.67 Å². The first-order chi connectivity index (χ1) is 23.0. The van der Waals surface area contributed by atoms with Crippen molar-refractivity contribution in [1.29, 1.82) is 0 Å². The highest BCUT2D eigenvalue weighted by Crippen LogP contribution is 2.35. The Hall–Kier alpha value is -5.74. The second-order valence-corrected chi connectivity index (χ2v) is 12.0. The van der Waals surface area contributed by atoms with Gasteiger partial charge in [-0.05, 0) is 54.4 Å². The van der Waals surface area contributed by atoms with Crippen LogP contribution >= 0.6 is 11.3 Å². The van der Waals surface area contributed by atoms with Crippen molar-refractivity contribution in [3.8, 4) is 39.0 Å². The highest BCUT2D eigenvalue weighted by atomic mass is 32.1. The lowest BCUT2D eigenvalue weighted by Crippen LogP contribution is -2.23. The van der Waals surface area contributed by atoms with Gasteiger partial charge in [0.1, 0.15) is 15.6 Å². The van der Waals surface area contributed by atoms with Crippen LogP contribution in [0.1, 0.15) is 26.6 Å². The summed E-state index contributed by atoms with van der Waals surface area (Å²) >= 11 is 1.34. The summed E-state index contributed by atoms with van der Waals surface area (Å²) in [5.41, 5.74) is 7.50. The van der Waals surface area contributed by atoms with Crippen LogP contribution in [0.5, 0.6) is 11.5 Å². The van der Waals surface area contributed by atoms with E-state index in [1.54, 1.807) is 18.9 Å². The molecule has 0 radical (unpaired) electrons. The lowest BCUT2D eigenvalue weighted by molar-refractivity contribution is 0.0954. The van der Waals surface area contributed by atoms with Crippen LogP contribution in [0, 0.1) is 6.92 Å². The summed E-state index contributed by atoms with van der Waals surface area (Å²) in [6.07, 6.45) is 1.95. The fourth-order valence-corrected chi connectivity index (χ4v) is 6.70. The Bertz CT molecular complexity index is 2200. The van der Waals surface area contributed by atoms with Crippen LogP contribution in [0.3, 0.4) is 0 Å². The second kappa shape index (κ2) is 12.9. The lowest BCUT2D eigenvalue weighted by atomic mass is 10.1. The Morgan fingerprint density at radius 2 is 1.62 bits per heavy atom. The number of para-hydroxylation sites is 2. The summed E-state index contributed by atoms with van der Waals surface area (Å²) in [6, 6.07) is 34.4. The summed E-state index contributed by atoms with van der Waals surface area (Å²) in [5, 5.41) is 14.0. The van der Waals surface area contributed by atoms with Gasteiger partial charge in [-0.15, -0.1) is 16.4 Å². The molecule has 47 heavy (non-hydrogen) atoms. The van der Waals surface area contributed by atoms with Crippen molar-refractivity contribution in [1.82, 2.24) is 29.9 Å². The summed E-state index contributed by atoms with van der Waals surface area (Å²) in [4.78, 5) is 18.6. The van der Waals surface area contributed by atoms with E-state index >= 15 is 0 Å². The van der Waals surface area contributed by atoms with E-state index in [9.17, 15) is 4.79 Å². The van der Waals surface area contributed by atoms with Crippen LogP contribution < -0.4 is 14.8 Å². The number of fused-ring (bicyclic) bond motifs is 1. The number of methoxy groups -OCH3 is 2. The zero-order valence-electron chi connectivity index (χ0n) is 26.2. The Labute approximate surface area is 276 Å². The van der Waals surface area contributed by atoms with E-state index in [2.05, 4.69) is 79.8 Å². The van der Waals surface area contributed by atoms with Crippen LogP contribution in [0.25, 0.3) is 38.4 Å². The maximum Gasteiger partial charge on any atom is 0.263 e. The van der Waals surface area contributed by atoms with Gasteiger partial charge in [0, 0.05) is 28.7 Å². The van der Waals surface area contributed by atoms with Crippen molar-refractivity contribution < 1.29 is 14.3 Å². The molecule has 9 nitrogen and oxygen atoms in total. The van der Waals surface area contributed by atoms with Crippen LogP contribution in [0.4, 0.5) is 0 Å². The third-order valence-electron chi connectivity index (χ3n) is 8.05. The number of benzene rings is 4. The van der Waals surface area contributed by atoms with Gasteiger partial charge < -0.3 is 19.4 Å². The maximum absolute atomic E-state index is 13.4. The molecule has 3 aromatic heterocycles. The first kappa shape index (κ1) is 29.9. The number of amides is 1. The molecule has 0 aliphatic rings. The van der Waals surface area contributed by atoms with E-state index < -0.39 is 0 Å². The molecule has 7 aromatic rings. The monoisotopic (exact) mass is 640 g/mol. The van der Waals surface area contributed by atoms with Gasteiger partial charge in [0.25, 0.3) is 5.91 Å². The average Bonchev–Trinajstić information content (AvgIpc) is 3.85. The number of thiazole rings is 1. The van der Waals surface area contributed by atoms with E-state index in [1.807, 2.05) is 61.7 Å². The number of nitrogens with one attached hydrogen (secondary N) is 1. The quantitative estimate of drug-likeness (QED) is 0.168. The van der Waals surface area contributed by atoms with Crippen LogP contribution in [0.2, 0.25) is 0 Å². The molecular formula is C37H32N6O3S. The molecule has 1 N–H and O–H groups in total. The SMILES string of the molecule is COc1ccc(-c2nc(C)c(C(=O)NCc3ccccc3-n3cc(Cn4c(-c5ccccc5)cc5ccccc54)nn3)s2)cc1OC. The number of carbonyl (C=O) groups excluding carboxylic acids is 1. The number of aryl methyl sites for hydroxylation is 1. The third kappa shape index (κ3) is 5.98. The molecule has 0 fully saturated rings. The van der Waals surface area contributed by atoms with Gasteiger partial charge in [-0.2, -0.15) is 0 Å². The van der Waals surface area contributed by atoms with Crippen molar-refractivity contribution in [2.75, 3.05) is 14.2 Å². The summed E-state index contributed by atoms with van der Waals surface area (Å²) in [7, 11) is 3.19. The zero-order chi connectivity index (χ0) is 32.3. The zero-order valence-corrected chi connectivity index (χ0v) is 27.0. The fraction of sp³-hybridized carbons (Fsp3) is 0.135. The van der Waals surface area contributed by atoms with Gasteiger partial charge in [0.15, 0.2) is 11.5 Å². The molecule has 7 rings (SSSR count). The van der Waals surface area contributed by atoms with E-state index in [1.165, 1.54) is 16.7 Å². The second-order valence-electron chi connectivity index (χ2n) is 11.0. The highest BCUT2D eigenvalue weighted by molar-refractivity contribution is 7.17. The summed E-state index contributed by atoms with van der Waals surface area (Å²) in [5.74, 6) is 1.06. The van der Waals surface area contributed by atoms with Crippen molar-refractivity contribution in [3.05, 3.63) is 131 Å². The predicted molar refractivity (Wildman–Crippen MR) is 184 cm³/mol. The van der Waals surface area contributed by atoms with Crippen molar-refractivity contribution in [2.24, 2.45) is 0 Å². The standard InChI is InChI=1S/C37H32N6O3S/c1-24-35(47-37(39-24)27-17-18-33(45-2)34(20-27)46-3)36(44)38-21-28-14-8-10-16-31(28)43-23-29(40-41-43)22-42-30-15-9-7-13-26(30)19-32(42)25-11-5-4-6-12-25/h4-20,23H,21-22H2,1-3H3,(H,38,44). The Morgan fingerprint density at radius 1 is 0.851 bits per heavy atom. The molecule has 0 saturated carbocycles. The number of ether oxygens (including phenoxy) is 2. The number of nitrogens with zero attached hydrogens (tertiary/aromatic N) is 5. The van der Waals surface area contributed by atoms with Gasteiger partial charge in [0.05, 0.1) is 38.3 Å². The minimum atomic E-state index is -0.186. The van der Waals surface area contributed by atoms with Crippen molar-refractivity contribution >= 4 is 28.1 Å². The molecule has 0 atom stereocenters. The molecule has 0 unspecified atom stereocenters. The average molecular weight is 641 g/mol. The minimum Gasteiger partial charge on any atom is -0.493 e. The molecular weight excluding hydrogens is 609 g/mol. The predicted octanol–water partition coefficient (Wildman–Crippen LogP) is 7.32. The summed E-state index contributed by atoms with van der Waals surface area (Å²) in [6.45, 7) is 2.72. The van der Waals surface area contributed by atoms with E-state index in [0.717, 1.165) is 44.3 Å². The first-order valence-corrected chi connectivity index (χ1v) is 15.9. The number of hydrogen-bond acceptors (Lipinski definition) is 7. The number of rotatable bonds is 10. The number of aromatic nitrogens is 5. The topological polar surface area (TPSA) is 96.1 Å².